The first kappa shape index (κ1) is 17.3. The quantitative estimate of drug-likeness (QED) is 0.751. The molecule has 0 atom stereocenters. The first-order valence-electron chi connectivity index (χ1n) is 8.49. The summed E-state index contributed by atoms with van der Waals surface area (Å²) in [6.45, 7) is 2.55. The Morgan fingerprint density at radius 3 is 2.59 bits per heavy atom. The van der Waals surface area contributed by atoms with Crippen LogP contribution in [0.3, 0.4) is 0 Å². The summed E-state index contributed by atoms with van der Waals surface area (Å²) in [5.41, 5.74) is 1.46. The highest BCUT2D eigenvalue weighted by molar-refractivity contribution is 7.09. The maximum absolute atomic E-state index is 13.1. The van der Waals surface area contributed by atoms with Crippen LogP contribution < -0.4 is 10.2 Å². The van der Waals surface area contributed by atoms with Crippen molar-refractivity contribution in [1.82, 2.24) is 19.2 Å². The molecule has 0 aliphatic carbocycles. The summed E-state index contributed by atoms with van der Waals surface area (Å²) in [7, 11) is 0. The second-order valence-corrected chi connectivity index (χ2v) is 6.78. The van der Waals surface area contributed by atoms with Crippen molar-refractivity contribution >= 4 is 28.4 Å². The Balaban J connectivity index is 1.35. The molecule has 1 saturated heterocycles. The van der Waals surface area contributed by atoms with Crippen LogP contribution in [0, 0.1) is 5.82 Å². The van der Waals surface area contributed by atoms with Gasteiger partial charge >= 0.3 is 6.03 Å². The van der Waals surface area contributed by atoms with E-state index in [4.69, 9.17) is 0 Å². The number of nitrogens with zero attached hydrogens (tertiary/aromatic N) is 5. The van der Waals surface area contributed by atoms with Crippen molar-refractivity contribution < 1.29 is 9.18 Å². The van der Waals surface area contributed by atoms with Crippen molar-refractivity contribution in [2.75, 3.05) is 36.4 Å². The molecule has 1 fully saturated rings. The number of rotatable bonds is 3. The molecule has 0 bridgehead atoms. The highest BCUT2D eigenvalue weighted by atomic mass is 32.1. The highest BCUT2D eigenvalue weighted by Gasteiger charge is 2.23. The Morgan fingerprint density at radius 1 is 1.11 bits per heavy atom. The van der Waals surface area contributed by atoms with Crippen molar-refractivity contribution in [3.8, 4) is 11.4 Å². The summed E-state index contributed by atoms with van der Waals surface area (Å²) in [4.78, 5) is 24.8. The van der Waals surface area contributed by atoms with Crippen LogP contribution in [0.5, 0.6) is 0 Å². The van der Waals surface area contributed by atoms with Crippen LogP contribution in [0.25, 0.3) is 11.4 Å². The Hall–Kier alpha value is -3.07. The second kappa shape index (κ2) is 7.67. The van der Waals surface area contributed by atoms with Gasteiger partial charge in [0, 0.05) is 49.5 Å². The summed E-state index contributed by atoms with van der Waals surface area (Å²) in [5, 5.41) is 3.65. The van der Waals surface area contributed by atoms with Gasteiger partial charge < -0.3 is 15.1 Å². The second-order valence-electron chi connectivity index (χ2n) is 6.05. The largest absolute Gasteiger partial charge is 0.343 e. The Kier molecular flexibility index (Phi) is 4.93. The first-order chi connectivity index (χ1) is 13.2. The monoisotopic (exact) mass is 384 g/mol. The van der Waals surface area contributed by atoms with Crippen LogP contribution in [0.2, 0.25) is 0 Å². The third-order valence-electron chi connectivity index (χ3n) is 4.27. The van der Waals surface area contributed by atoms with Gasteiger partial charge in [0.05, 0.1) is 11.9 Å². The number of hydrogen-bond donors (Lipinski definition) is 1. The van der Waals surface area contributed by atoms with Crippen molar-refractivity contribution in [2.45, 2.75) is 0 Å². The zero-order chi connectivity index (χ0) is 18.6. The Bertz CT molecular complexity index is 909. The minimum atomic E-state index is -0.283. The molecule has 1 aliphatic heterocycles. The average molecular weight is 384 g/mol. The molecule has 0 unspecified atom stereocenters. The number of hydrogen-bond acceptors (Lipinski definition) is 6. The fraction of sp³-hybridized carbons (Fsp3) is 0.222. The zero-order valence-electron chi connectivity index (χ0n) is 14.4. The van der Waals surface area contributed by atoms with E-state index in [-0.39, 0.29) is 11.8 Å². The molecular formula is C18H17FN6OS. The van der Waals surface area contributed by atoms with Gasteiger partial charge in [-0.15, -0.1) is 0 Å². The zero-order valence-corrected chi connectivity index (χ0v) is 15.2. The maximum Gasteiger partial charge on any atom is 0.322 e. The van der Waals surface area contributed by atoms with Crippen molar-refractivity contribution in [2.24, 2.45) is 0 Å². The van der Waals surface area contributed by atoms with E-state index in [1.807, 2.05) is 0 Å². The number of amides is 2. The number of pyridine rings is 1. The third-order valence-corrected chi connectivity index (χ3v) is 5.04. The van der Waals surface area contributed by atoms with E-state index in [1.54, 1.807) is 41.6 Å². The van der Waals surface area contributed by atoms with E-state index < -0.39 is 0 Å². The SMILES string of the molecule is O=C(Nc1cccnc1)N1CCN(c2nc(-c3ccc(F)cc3)ns2)CC1. The molecule has 1 N–H and O–H groups in total. The molecule has 2 aromatic heterocycles. The molecular weight excluding hydrogens is 367 g/mol. The number of urea groups is 1. The van der Waals surface area contributed by atoms with E-state index >= 15 is 0 Å². The highest BCUT2D eigenvalue weighted by Crippen LogP contribution is 2.25. The summed E-state index contributed by atoms with van der Waals surface area (Å²) in [6.07, 6.45) is 3.28. The van der Waals surface area contributed by atoms with Gasteiger partial charge in [0.2, 0.25) is 5.13 Å². The number of halogens is 1. The van der Waals surface area contributed by atoms with Crippen molar-refractivity contribution in [3.05, 3.63) is 54.6 Å². The van der Waals surface area contributed by atoms with Gasteiger partial charge in [-0.3, -0.25) is 4.98 Å². The molecule has 0 spiro atoms. The summed E-state index contributed by atoms with van der Waals surface area (Å²) < 4.78 is 17.4. The number of benzene rings is 1. The molecule has 3 heterocycles. The van der Waals surface area contributed by atoms with Gasteiger partial charge in [-0.25, -0.2) is 9.18 Å². The lowest BCUT2D eigenvalue weighted by molar-refractivity contribution is 0.208. The van der Waals surface area contributed by atoms with Gasteiger partial charge in [0.15, 0.2) is 5.82 Å². The summed E-state index contributed by atoms with van der Waals surface area (Å²) in [5.74, 6) is 0.307. The summed E-state index contributed by atoms with van der Waals surface area (Å²) in [6, 6.07) is 9.59. The standard InChI is InChI=1S/C18H17FN6OS/c19-14-5-3-13(4-6-14)16-22-18(27-23-16)25-10-8-24(9-11-25)17(26)21-15-2-1-7-20-12-15/h1-7,12H,8-11H2,(H,21,26). The molecule has 27 heavy (non-hydrogen) atoms. The molecule has 3 aromatic rings. The van der Waals surface area contributed by atoms with Gasteiger partial charge in [-0.05, 0) is 36.4 Å². The number of piperazine rings is 1. The van der Waals surface area contributed by atoms with E-state index in [0.717, 1.165) is 10.7 Å². The molecule has 0 radical (unpaired) electrons. The predicted octanol–water partition coefficient (Wildman–Crippen LogP) is 3.09. The molecule has 1 aliphatic rings. The van der Waals surface area contributed by atoms with Gasteiger partial charge in [0.1, 0.15) is 5.82 Å². The lowest BCUT2D eigenvalue weighted by Crippen LogP contribution is -2.50. The van der Waals surface area contributed by atoms with Gasteiger partial charge in [-0.2, -0.15) is 9.36 Å². The first-order valence-corrected chi connectivity index (χ1v) is 9.27. The molecule has 0 saturated carbocycles. The predicted molar refractivity (Wildman–Crippen MR) is 102 cm³/mol. The molecule has 4 rings (SSSR count). The topological polar surface area (TPSA) is 74.2 Å². The van der Waals surface area contributed by atoms with E-state index in [0.29, 0.717) is 37.7 Å². The fourth-order valence-electron chi connectivity index (χ4n) is 2.80. The number of aromatic nitrogens is 3. The Labute approximate surface area is 159 Å². The maximum atomic E-state index is 13.1. The molecule has 1 aromatic carbocycles. The third kappa shape index (κ3) is 4.03. The minimum Gasteiger partial charge on any atom is -0.343 e. The van der Waals surface area contributed by atoms with Crippen LogP contribution in [0.4, 0.5) is 20.0 Å². The van der Waals surface area contributed by atoms with Crippen LogP contribution >= 0.6 is 11.5 Å². The van der Waals surface area contributed by atoms with E-state index in [2.05, 4.69) is 24.6 Å². The lowest BCUT2D eigenvalue weighted by Gasteiger charge is -2.34. The lowest BCUT2D eigenvalue weighted by atomic mass is 10.2. The number of carbonyl (C=O) groups excluding carboxylic acids is 1. The van der Waals surface area contributed by atoms with E-state index in [9.17, 15) is 9.18 Å². The van der Waals surface area contributed by atoms with Crippen LogP contribution in [-0.4, -0.2) is 51.5 Å². The van der Waals surface area contributed by atoms with Crippen LogP contribution in [0.1, 0.15) is 0 Å². The fourth-order valence-corrected chi connectivity index (χ4v) is 3.54. The molecule has 7 nitrogen and oxygen atoms in total. The molecule has 9 heteroatoms. The average Bonchev–Trinajstić information content (AvgIpc) is 3.20. The summed E-state index contributed by atoms with van der Waals surface area (Å²) >= 11 is 1.31. The smallest absolute Gasteiger partial charge is 0.322 e. The van der Waals surface area contributed by atoms with Gasteiger partial charge in [0.25, 0.3) is 0 Å². The minimum absolute atomic E-state index is 0.132. The molecule has 2 amide bonds. The van der Waals surface area contributed by atoms with Crippen molar-refractivity contribution in [1.29, 1.82) is 0 Å². The van der Waals surface area contributed by atoms with Crippen LogP contribution in [-0.2, 0) is 0 Å². The molecule has 138 valence electrons. The number of carbonyl (C=O) groups is 1. The van der Waals surface area contributed by atoms with Crippen LogP contribution in [0.15, 0.2) is 48.8 Å². The van der Waals surface area contributed by atoms with Gasteiger partial charge in [-0.1, -0.05) is 0 Å². The van der Waals surface area contributed by atoms with E-state index in [1.165, 1.54) is 23.7 Å². The van der Waals surface area contributed by atoms with Crippen molar-refractivity contribution in [3.63, 3.8) is 0 Å². The number of nitrogens with one attached hydrogen (secondary N) is 1. The normalized spacial score (nSPS) is 14.3. The number of anilines is 2. The Morgan fingerprint density at radius 2 is 1.89 bits per heavy atom.